The van der Waals surface area contributed by atoms with Crippen LogP contribution in [-0.4, -0.2) is 22.2 Å². The Morgan fingerprint density at radius 3 is 2.81 bits per heavy atom. The molecule has 0 saturated heterocycles. The molecule has 1 rings (SSSR count). The van der Waals surface area contributed by atoms with Gasteiger partial charge in [0.1, 0.15) is 0 Å². The van der Waals surface area contributed by atoms with Gasteiger partial charge in [0.15, 0.2) is 0 Å². The predicted molar refractivity (Wildman–Crippen MR) is 68.8 cm³/mol. The highest BCUT2D eigenvalue weighted by Crippen LogP contribution is 2.08. The number of rotatable bonds is 7. The number of nitrogens with one attached hydrogen (secondary N) is 1. The molecule has 1 aromatic heterocycles. The fourth-order valence-corrected chi connectivity index (χ4v) is 2.15. The van der Waals surface area contributed by atoms with E-state index in [2.05, 4.69) is 23.4 Å². The van der Waals surface area contributed by atoms with Crippen molar-refractivity contribution in [2.75, 3.05) is 12.4 Å². The molecule has 3 nitrogen and oxygen atoms in total. The van der Waals surface area contributed by atoms with Crippen molar-refractivity contribution in [3.63, 3.8) is 0 Å². The predicted octanol–water partition coefficient (Wildman–Crippen LogP) is 2.47. The molecule has 0 saturated carbocycles. The van der Waals surface area contributed by atoms with Gasteiger partial charge in [-0.3, -0.25) is 4.68 Å². The highest BCUT2D eigenvalue weighted by molar-refractivity contribution is 6.17. The second kappa shape index (κ2) is 6.92. The molecule has 0 amide bonds. The number of hydrogen-bond donors (Lipinski definition) is 1. The van der Waals surface area contributed by atoms with Gasteiger partial charge in [0, 0.05) is 19.5 Å². The van der Waals surface area contributed by atoms with E-state index in [0.717, 1.165) is 31.1 Å². The van der Waals surface area contributed by atoms with Crippen molar-refractivity contribution in [3.8, 4) is 0 Å². The van der Waals surface area contributed by atoms with E-state index in [0.29, 0.717) is 5.92 Å². The molecule has 1 atom stereocenters. The van der Waals surface area contributed by atoms with Crippen molar-refractivity contribution in [1.82, 2.24) is 15.1 Å². The van der Waals surface area contributed by atoms with Crippen molar-refractivity contribution >= 4 is 11.6 Å². The van der Waals surface area contributed by atoms with E-state index in [1.54, 1.807) is 0 Å². The van der Waals surface area contributed by atoms with Crippen LogP contribution in [0.3, 0.4) is 0 Å². The first-order valence-electron chi connectivity index (χ1n) is 5.93. The summed E-state index contributed by atoms with van der Waals surface area (Å²) in [5, 5.41) is 7.79. The minimum Gasteiger partial charge on any atom is -0.311 e. The maximum Gasteiger partial charge on any atom is 0.0597 e. The molecule has 0 aliphatic heterocycles. The number of aryl methyl sites for hydroxylation is 2. The minimum absolute atomic E-state index is 0.687. The molecule has 0 spiro atoms. The first kappa shape index (κ1) is 13.5. The maximum atomic E-state index is 5.76. The van der Waals surface area contributed by atoms with E-state index in [1.807, 2.05) is 18.7 Å². The molecule has 0 aliphatic carbocycles. The Morgan fingerprint density at radius 1 is 1.56 bits per heavy atom. The lowest BCUT2D eigenvalue weighted by Crippen LogP contribution is -2.23. The maximum absolute atomic E-state index is 5.76. The Kier molecular flexibility index (Phi) is 5.85. The molecule has 4 heteroatoms. The Labute approximate surface area is 103 Å². The topological polar surface area (TPSA) is 29.9 Å². The van der Waals surface area contributed by atoms with Crippen molar-refractivity contribution in [1.29, 1.82) is 0 Å². The van der Waals surface area contributed by atoms with Gasteiger partial charge in [-0.05, 0) is 31.9 Å². The largest absolute Gasteiger partial charge is 0.311 e. The van der Waals surface area contributed by atoms with E-state index >= 15 is 0 Å². The summed E-state index contributed by atoms with van der Waals surface area (Å²) in [6.07, 6.45) is 2.28. The van der Waals surface area contributed by atoms with Gasteiger partial charge in [0.2, 0.25) is 0 Å². The van der Waals surface area contributed by atoms with Gasteiger partial charge in [-0.25, -0.2) is 0 Å². The summed E-state index contributed by atoms with van der Waals surface area (Å²) < 4.78 is 1.94. The van der Waals surface area contributed by atoms with E-state index in [4.69, 9.17) is 11.6 Å². The summed E-state index contributed by atoms with van der Waals surface area (Å²) in [6, 6.07) is 2.12. The van der Waals surface area contributed by atoms with Crippen LogP contribution in [0.1, 0.15) is 31.2 Å². The molecular formula is C12H22ClN3. The second-order valence-corrected chi connectivity index (χ2v) is 4.66. The average molecular weight is 244 g/mol. The van der Waals surface area contributed by atoms with E-state index in [9.17, 15) is 0 Å². The molecule has 0 aliphatic rings. The lowest BCUT2D eigenvalue weighted by atomic mass is 10.0. The lowest BCUT2D eigenvalue weighted by molar-refractivity contribution is 0.446. The normalized spacial score (nSPS) is 13.0. The van der Waals surface area contributed by atoms with Gasteiger partial charge < -0.3 is 5.32 Å². The van der Waals surface area contributed by atoms with E-state index < -0.39 is 0 Å². The summed E-state index contributed by atoms with van der Waals surface area (Å²) in [6.45, 7) is 6.16. The second-order valence-electron chi connectivity index (χ2n) is 4.28. The standard InChI is InChI=1S/C12H22ClN3/c1-4-11(5-6-13)8-14-9-12-7-10(2)15-16(12)3/h7,11,14H,4-6,8-9H2,1-3H3. The van der Waals surface area contributed by atoms with Gasteiger partial charge in [0.05, 0.1) is 11.4 Å². The minimum atomic E-state index is 0.687. The smallest absolute Gasteiger partial charge is 0.0597 e. The lowest BCUT2D eigenvalue weighted by Gasteiger charge is -2.14. The molecule has 0 fully saturated rings. The molecular weight excluding hydrogens is 222 g/mol. The van der Waals surface area contributed by atoms with Gasteiger partial charge in [-0.1, -0.05) is 13.3 Å². The Morgan fingerprint density at radius 2 is 2.31 bits per heavy atom. The zero-order valence-corrected chi connectivity index (χ0v) is 11.2. The molecule has 16 heavy (non-hydrogen) atoms. The highest BCUT2D eigenvalue weighted by atomic mass is 35.5. The number of nitrogens with zero attached hydrogens (tertiary/aromatic N) is 2. The quantitative estimate of drug-likeness (QED) is 0.746. The Balaban J connectivity index is 2.32. The molecule has 0 aromatic carbocycles. The van der Waals surface area contributed by atoms with Gasteiger partial charge in [-0.2, -0.15) is 5.10 Å². The summed E-state index contributed by atoms with van der Waals surface area (Å²) in [4.78, 5) is 0. The van der Waals surface area contributed by atoms with Crippen molar-refractivity contribution in [2.45, 2.75) is 33.2 Å². The van der Waals surface area contributed by atoms with Crippen LogP contribution in [0.25, 0.3) is 0 Å². The first-order valence-corrected chi connectivity index (χ1v) is 6.47. The van der Waals surface area contributed by atoms with Crippen LogP contribution >= 0.6 is 11.6 Å². The molecule has 1 aromatic rings. The van der Waals surface area contributed by atoms with Gasteiger partial charge >= 0.3 is 0 Å². The molecule has 0 radical (unpaired) electrons. The van der Waals surface area contributed by atoms with Crippen LogP contribution < -0.4 is 5.32 Å². The molecule has 0 bridgehead atoms. The first-order chi connectivity index (χ1) is 7.67. The number of halogens is 1. The van der Waals surface area contributed by atoms with Crippen LogP contribution in [-0.2, 0) is 13.6 Å². The monoisotopic (exact) mass is 243 g/mol. The Bertz CT molecular complexity index is 309. The number of alkyl halides is 1. The van der Waals surface area contributed by atoms with E-state index in [-0.39, 0.29) is 0 Å². The SMILES string of the molecule is CCC(CCCl)CNCc1cc(C)nn1C. The zero-order valence-electron chi connectivity index (χ0n) is 10.5. The fourth-order valence-electron chi connectivity index (χ4n) is 1.84. The molecule has 1 heterocycles. The highest BCUT2D eigenvalue weighted by Gasteiger charge is 2.06. The summed E-state index contributed by atoms with van der Waals surface area (Å²) in [5.74, 6) is 1.44. The third-order valence-electron chi connectivity index (χ3n) is 2.93. The van der Waals surface area contributed by atoms with Crippen molar-refractivity contribution < 1.29 is 0 Å². The third kappa shape index (κ3) is 4.14. The van der Waals surface area contributed by atoms with Gasteiger partial charge in [-0.15, -0.1) is 11.6 Å². The van der Waals surface area contributed by atoms with Crippen LogP contribution in [0.2, 0.25) is 0 Å². The van der Waals surface area contributed by atoms with E-state index in [1.165, 1.54) is 12.1 Å². The molecule has 92 valence electrons. The van der Waals surface area contributed by atoms with Crippen LogP contribution in [0, 0.1) is 12.8 Å². The zero-order chi connectivity index (χ0) is 12.0. The summed E-state index contributed by atoms with van der Waals surface area (Å²) in [5.41, 5.74) is 2.31. The fraction of sp³-hybridized carbons (Fsp3) is 0.750. The molecule has 1 unspecified atom stereocenters. The van der Waals surface area contributed by atoms with Crippen LogP contribution in [0.5, 0.6) is 0 Å². The molecule has 1 N–H and O–H groups in total. The van der Waals surface area contributed by atoms with Crippen LogP contribution in [0.4, 0.5) is 0 Å². The third-order valence-corrected chi connectivity index (χ3v) is 3.15. The van der Waals surface area contributed by atoms with Crippen molar-refractivity contribution in [2.24, 2.45) is 13.0 Å². The average Bonchev–Trinajstić information content (AvgIpc) is 2.56. The number of aromatic nitrogens is 2. The summed E-state index contributed by atoms with van der Waals surface area (Å²) in [7, 11) is 1.99. The van der Waals surface area contributed by atoms with Gasteiger partial charge in [0.25, 0.3) is 0 Å². The van der Waals surface area contributed by atoms with Crippen molar-refractivity contribution in [3.05, 3.63) is 17.5 Å². The van der Waals surface area contributed by atoms with Crippen LogP contribution in [0.15, 0.2) is 6.07 Å². The number of hydrogen-bond acceptors (Lipinski definition) is 2. The summed E-state index contributed by atoms with van der Waals surface area (Å²) >= 11 is 5.76. The Hall–Kier alpha value is -0.540.